The topological polar surface area (TPSA) is 59.4 Å². The van der Waals surface area contributed by atoms with Gasteiger partial charge in [-0.2, -0.15) is 0 Å². The van der Waals surface area contributed by atoms with Crippen molar-refractivity contribution in [3.8, 4) is 5.75 Å². The lowest BCUT2D eigenvalue weighted by Gasteiger charge is -2.12. The Morgan fingerprint density at radius 1 is 1.69 bits per heavy atom. The second-order valence-electron chi connectivity index (χ2n) is 2.89. The Balaban J connectivity index is 3.34. The number of carboxylic acids is 1. The Kier molecular flexibility index (Phi) is 4.00. The molecule has 0 radical (unpaired) electrons. The molecule has 0 aliphatic heterocycles. The molecule has 0 aromatic carbocycles. The first-order valence-electron chi connectivity index (χ1n) is 4.18. The van der Waals surface area contributed by atoms with Gasteiger partial charge in [-0.15, -0.1) is 0 Å². The summed E-state index contributed by atoms with van der Waals surface area (Å²) in [4.78, 5) is 14.1. The van der Waals surface area contributed by atoms with Crippen LogP contribution in [0.2, 0.25) is 5.15 Å². The second-order valence-corrected chi connectivity index (χ2v) is 3.25. The number of carboxylic acid groups (broad SMARTS) is 1. The number of halogens is 3. The number of methoxy groups -OCH3 is 1. The molecule has 0 fully saturated rings. The van der Waals surface area contributed by atoms with E-state index in [2.05, 4.69) is 4.98 Å². The van der Waals surface area contributed by atoms with Gasteiger partial charge in [-0.05, 0) is 0 Å². The average Bonchev–Trinajstić information content (AvgIpc) is 2.16. The van der Waals surface area contributed by atoms with E-state index in [-0.39, 0.29) is 16.5 Å². The summed E-state index contributed by atoms with van der Waals surface area (Å²) in [6, 6.07) is 0. The maximum Gasteiger partial charge on any atom is 0.307 e. The fourth-order valence-corrected chi connectivity index (χ4v) is 1.49. The molecule has 0 amide bonds. The number of alkyl halides is 2. The SMILES string of the molecule is COc1c(Cl)ncc(C(F)F)c1CC(=O)O. The van der Waals surface area contributed by atoms with Gasteiger partial charge >= 0.3 is 5.97 Å². The summed E-state index contributed by atoms with van der Waals surface area (Å²) < 4.78 is 30.0. The number of pyridine rings is 1. The molecule has 88 valence electrons. The maximum absolute atomic E-state index is 12.6. The first-order chi connectivity index (χ1) is 7.47. The standard InChI is InChI=1S/C9H8ClF2NO3/c1-16-7-4(2-6(14)15)5(9(11)12)3-13-8(7)10/h3,9H,2H2,1H3,(H,14,15). The summed E-state index contributed by atoms with van der Waals surface area (Å²) in [5.74, 6) is -1.37. The van der Waals surface area contributed by atoms with E-state index in [1.54, 1.807) is 0 Å². The number of ether oxygens (including phenoxy) is 1. The van der Waals surface area contributed by atoms with Gasteiger partial charge in [0.15, 0.2) is 10.9 Å². The highest BCUT2D eigenvalue weighted by molar-refractivity contribution is 6.31. The van der Waals surface area contributed by atoms with E-state index in [9.17, 15) is 13.6 Å². The summed E-state index contributed by atoms with van der Waals surface area (Å²) in [5, 5.41) is 8.48. The first-order valence-corrected chi connectivity index (χ1v) is 4.56. The van der Waals surface area contributed by atoms with Gasteiger partial charge in [0, 0.05) is 17.3 Å². The molecule has 0 spiro atoms. The van der Waals surface area contributed by atoms with Crippen LogP contribution in [0.4, 0.5) is 8.78 Å². The lowest BCUT2D eigenvalue weighted by atomic mass is 10.1. The molecular weight excluding hydrogens is 244 g/mol. The molecule has 0 aliphatic carbocycles. The fraction of sp³-hybridized carbons (Fsp3) is 0.333. The minimum atomic E-state index is -2.83. The highest BCUT2D eigenvalue weighted by Gasteiger charge is 2.22. The monoisotopic (exact) mass is 251 g/mol. The van der Waals surface area contributed by atoms with Crippen molar-refractivity contribution in [3.63, 3.8) is 0 Å². The smallest absolute Gasteiger partial charge is 0.307 e. The van der Waals surface area contributed by atoms with Crippen LogP contribution in [-0.2, 0) is 11.2 Å². The Labute approximate surface area is 94.8 Å². The van der Waals surface area contributed by atoms with E-state index >= 15 is 0 Å². The highest BCUT2D eigenvalue weighted by atomic mass is 35.5. The zero-order chi connectivity index (χ0) is 12.3. The zero-order valence-electron chi connectivity index (χ0n) is 8.21. The number of carbonyl (C=O) groups is 1. The third kappa shape index (κ3) is 2.57. The van der Waals surface area contributed by atoms with Gasteiger partial charge in [-0.3, -0.25) is 4.79 Å². The predicted octanol–water partition coefficient (Wildman–Crippen LogP) is 2.31. The summed E-state index contributed by atoms with van der Waals surface area (Å²) in [6.45, 7) is 0. The summed E-state index contributed by atoms with van der Waals surface area (Å²) >= 11 is 5.62. The van der Waals surface area contributed by atoms with Crippen LogP contribution in [0, 0.1) is 0 Å². The third-order valence-corrected chi connectivity index (χ3v) is 2.16. The minimum absolute atomic E-state index is 0.123. The van der Waals surface area contributed by atoms with E-state index in [0.29, 0.717) is 0 Å². The highest BCUT2D eigenvalue weighted by Crippen LogP contribution is 2.34. The normalized spacial score (nSPS) is 10.6. The van der Waals surface area contributed by atoms with Crippen molar-refractivity contribution >= 4 is 17.6 Å². The fourth-order valence-electron chi connectivity index (χ4n) is 1.25. The third-order valence-electron chi connectivity index (χ3n) is 1.89. The number of hydrogen-bond acceptors (Lipinski definition) is 3. The molecule has 7 heteroatoms. The number of rotatable bonds is 4. The van der Waals surface area contributed by atoms with E-state index < -0.39 is 24.4 Å². The van der Waals surface area contributed by atoms with Gasteiger partial charge in [-0.1, -0.05) is 11.6 Å². The number of hydrogen-bond donors (Lipinski definition) is 1. The van der Waals surface area contributed by atoms with Gasteiger partial charge in [0.2, 0.25) is 0 Å². The Bertz CT molecular complexity index is 412. The van der Waals surface area contributed by atoms with Crippen molar-refractivity contribution in [2.75, 3.05) is 7.11 Å². The molecule has 0 atom stereocenters. The van der Waals surface area contributed by atoms with Crippen LogP contribution in [-0.4, -0.2) is 23.2 Å². The number of nitrogens with zero attached hydrogens (tertiary/aromatic N) is 1. The quantitative estimate of drug-likeness (QED) is 0.834. The van der Waals surface area contributed by atoms with Crippen LogP contribution in [0.25, 0.3) is 0 Å². The minimum Gasteiger partial charge on any atom is -0.493 e. The van der Waals surface area contributed by atoms with Crippen molar-refractivity contribution in [3.05, 3.63) is 22.5 Å². The van der Waals surface area contributed by atoms with Crippen molar-refractivity contribution in [1.29, 1.82) is 0 Å². The van der Waals surface area contributed by atoms with Crippen molar-refractivity contribution in [2.45, 2.75) is 12.8 Å². The largest absolute Gasteiger partial charge is 0.493 e. The molecule has 0 saturated carbocycles. The van der Waals surface area contributed by atoms with Gasteiger partial charge in [0.1, 0.15) is 0 Å². The first kappa shape index (κ1) is 12.6. The molecule has 1 heterocycles. The number of aromatic nitrogens is 1. The van der Waals surface area contributed by atoms with Gasteiger partial charge in [-0.25, -0.2) is 13.8 Å². The van der Waals surface area contributed by atoms with E-state index in [4.69, 9.17) is 21.4 Å². The Hall–Kier alpha value is -1.43. The molecule has 1 aromatic heterocycles. The molecule has 4 nitrogen and oxygen atoms in total. The Morgan fingerprint density at radius 3 is 2.75 bits per heavy atom. The molecule has 0 saturated heterocycles. The summed E-state index contributed by atoms with van der Waals surface area (Å²) in [5.41, 5.74) is -0.631. The van der Waals surface area contributed by atoms with Crippen LogP contribution in [0.1, 0.15) is 17.6 Å². The zero-order valence-corrected chi connectivity index (χ0v) is 8.96. The molecule has 1 N–H and O–H groups in total. The Morgan fingerprint density at radius 2 is 2.31 bits per heavy atom. The molecule has 1 rings (SSSR count). The molecule has 1 aromatic rings. The lowest BCUT2D eigenvalue weighted by Crippen LogP contribution is -2.07. The van der Waals surface area contributed by atoms with Crippen LogP contribution in [0.3, 0.4) is 0 Å². The predicted molar refractivity (Wildman–Crippen MR) is 52.1 cm³/mol. The number of aliphatic carboxylic acids is 1. The van der Waals surface area contributed by atoms with Crippen LogP contribution in [0.5, 0.6) is 5.75 Å². The average molecular weight is 252 g/mol. The lowest BCUT2D eigenvalue weighted by molar-refractivity contribution is -0.136. The maximum atomic E-state index is 12.6. The van der Waals surface area contributed by atoms with E-state index in [1.165, 1.54) is 7.11 Å². The summed E-state index contributed by atoms with van der Waals surface area (Å²) in [7, 11) is 1.21. The van der Waals surface area contributed by atoms with Crippen LogP contribution in [0.15, 0.2) is 6.20 Å². The van der Waals surface area contributed by atoms with Crippen LogP contribution >= 0.6 is 11.6 Å². The molecule has 0 unspecified atom stereocenters. The second kappa shape index (κ2) is 5.07. The van der Waals surface area contributed by atoms with E-state index in [1.807, 2.05) is 0 Å². The van der Waals surface area contributed by atoms with Gasteiger partial charge in [0.05, 0.1) is 13.5 Å². The van der Waals surface area contributed by atoms with Crippen molar-refractivity contribution in [1.82, 2.24) is 4.98 Å². The van der Waals surface area contributed by atoms with Gasteiger partial charge < -0.3 is 9.84 Å². The molecular formula is C9H8ClF2NO3. The molecule has 0 aliphatic rings. The van der Waals surface area contributed by atoms with Crippen LogP contribution < -0.4 is 4.74 Å². The van der Waals surface area contributed by atoms with Crippen molar-refractivity contribution in [2.24, 2.45) is 0 Å². The molecule has 0 bridgehead atoms. The van der Waals surface area contributed by atoms with E-state index in [0.717, 1.165) is 6.20 Å². The van der Waals surface area contributed by atoms with Crippen molar-refractivity contribution < 1.29 is 23.4 Å². The van der Waals surface area contributed by atoms with Gasteiger partial charge in [0.25, 0.3) is 6.43 Å². The molecule has 16 heavy (non-hydrogen) atoms. The summed E-state index contributed by atoms with van der Waals surface area (Å²) in [6.07, 6.45) is -2.56.